The van der Waals surface area contributed by atoms with Crippen LogP contribution < -0.4 is 0 Å². The standard InChI is InChI=1S/C29H48O3/c1-17(2)14-18-16-29(7,31)25-19-8-9-23-27(5,20(19)15-21(25)32-18)12-10-22-26(3,4)24(30)11-13-28(22,23)6/h14,18-25,30-31H,8-13,15-16H2,1-7H3/t18?,19?,20?,21?,22?,23?,24?,25?,27-,28-,29?/m0/s1. The summed E-state index contributed by atoms with van der Waals surface area (Å²) in [5.74, 6) is 2.85. The van der Waals surface area contributed by atoms with Gasteiger partial charge in [-0.15, -0.1) is 0 Å². The molecule has 1 saturated heterocycles. The molecule has 182 valence electrons. The van der Waals surface area contributed by atoms with Crippen molar-refractivity contribution in [1.82, 2.24) is 0 Å². The zero-order valence-corrected chi connectivity index (χ0v) is 21.7. The van der Waals surface area contributed by atoms with Crippen LogP contribution in [0.2, 0.25) is 0 Å². The maximum Gasteiger partial charge on any atom is 0.0789 e. The van der Waals surface area contributed by atoms with Gasteiger partial charge >= 0.3 is 0 Å². The Morgan fingerprint density at radius 2 is 1.59 bits per heavy atom. The zero-order valence-electron chi connectivity index (χ0n) is 21.7. The van der Waals surface area contributed by atoms with Gasteiger partial charge in [-0.3, -0.25) is 0 Å². The van der Waals surface area contributed by atoms with Crippen LogP contribution in [0.4, 0.5) is 0 Å². The topological polar surface area (TPSA) is 49.7 Å². The minimum atomic E-state index is -0.639. The zero-order chi connectivity index (χ0) is 23.3. The van der Waals surface area contributed by atoms with Crippen LogP contribution in [0.25, 0.3) is 0 Å². The minimum Gasteiger partial charge on any atom is -0.393 e. The molecule has 0 amide bonds. The smallest absolute Gasteiger partial charge is 0.0789 e. The van der Waals surface area contributed by atoms with Crippen molar-refractivity contribution in [2.75, 3.05) is 0 Å². The molecule has 32 heavy (non-hydrogen) atoms. The summed E-state index contributed by atoms with van der Waals surface area (Å²) in [6.07, 6.45) is 11.3. The first-order valence-electron chi connectivity index (χ1n) is 13.5. The van der Waals surface area contributed by atoms with E-state index in [0.29, 0.717) is 28.6 Å². The molecule has 4 saturated carbocycles. The molecule has 5 rings (SSSR count). The number of hydrogen-bond donors (Lipinski definition) is 2. The molecule has 9 unspecified atom stereocenters. The number of aliphatic hydroxyl groups is 2. The summed E-state index contributed by atoms with van der Waals surface area (Å²) in [5.41, 5.74) is 1.30. The van der Waals surface area contributed by atoms with Gasteiger partial charge in [0.25, 0.3) is 0 Å². The summed E-state index contributed by atoms with van der Waals surface area (Å²) in [4.78, 5) is 0. The van der Waals surface area contributed by atoms with E-state index < -0.39 is 5.60 Å². The molecule has 1 aliphatic heterocycles. The lowest BCUT2D eigenvalue weighted by Gasteiger charge is -2.67. The van der Waals surface area contributed by atoms with Crippen LogP contribution in [0.15, 0.2) is 11.6 Å². The molecular formula is C29H48O3. The van der Waals surface area contributed by atoms with Gasteiger partial charge in [0.05, 0.1) is 23.9 Å². The molecule has 5 aliphatic rings. The first-order chi connectivity index (χ1) is 14.8. The van der Waals surface area contributed by atoms with Crippen LogP contribution in [-0.4, -0.2) is 34.1 Å². The highest BCUT2D eigenvalue weighted by atomic mass is 16.5. The lowest BCUT2D eigenvalue weighted by Crippen LogP contribution is -2.61. The van der Waals surface area contributed by atoms with Crippen molar-refractivity contribution in [3.05, 3.63) is 11.6 Å². The molecule has 0 aromatic rings. The second-order valence-electron chi connectivity index (χ2n) is 14.2. The molecule has 1 heterocycles. The van der Waals surface area contributed by atoms with Crippen molar-refractivity contribution in [2.24, 2.45) is 45.8 Å². The lowest BCUT2D eigenvalue weighted by molar-refractivity contribution is -0.204. The Kier molecular flexibility index (Phi) is 5.34. The maximum atomic E-state index is 11.6. The van der Waals surface area contributed by atoms with E-state index in [0.717, 1.165) is 25.2 Å². The van der Waals surface area contributed by atoms with Gasteiger partial charge in [0.1, 0.15) is 0 Å². The second-order valence-corrected chi connectivity index (χ2v) is 14.2. The normalized spacial score (nSPS) is 56.4. The van der Waals surface area contributed by atoms with Gasteiger partial charge in [-0.25, -0.2) is 0 Å². The number of hydrogen-bond acceptors (Lipinski definition) is 3. The SMILES string of the molecule is CC(C)=CC1CC(C)(O)C2C(CC3C2CCC2[C@@]3(C)CCC3C(C)(C)C(O)CC[C@@]32C)O1. The van der Waals surface area contributed by atoms with Crippen molar-refractivity contribution >= 4 is 0 Å². The third-order valence-corrected chi connectivity index (χ3v) is 11.8. The van der Waals surface area contributed by atoms with E-state index in [9.17, 15) is 10.2 Å². The maximum absolute atomic E-state index is 11.6. The Morgan fingerprint density at radius 1 is 0.906 bits per heavy atom. The van der Waals surface area contributed by atoms with Crippen molar-refractivity contribution in [2.45, 2.75) is 124 Å². The van der Waals surface area contributed by atoms with E-state index in [2.05, 4.69) is 54.5 Å². The molecular weight excluding hydrogens is 396 g/mol. The monoisotopic (exact) mass is 444 g/mol. The number of aliphatic hydroxyl groups excluding tert-OH is 1. The Labute approximate surface area is 196 Å². The van der Waals surface area contributed by atoms with Gasteiger partial charge < -0.3 is 14.9 Å². The van der Waals surface area contributed by atoms with Gasteiger partial charge in [-0.05, 0) is 106 Å². The van der Waals surface area contributed by atoms with Gasteiger partial charge in [-0.2, -0.15) is 0 Å². The van der Waals surface area contributed by atoms with Gasteiger partial charge in [0.15, 0.2) is 0 Å². The lowest BCUT2D eigenvalue weighted by atomic mass is 9.38. The van der Waals surface area contributed by atoms with Gasteiger partial charge in [-0.1, -0.05) is 39.3 Å². The summed E-state index contributed by atoms with van der Waals surface area (Å²) < 4.78 is 6.68. The summed E-state index contributed by atoms with van der Waals surface area (Å²) in [7, 11) is 0. The molecule has 0 aromatic carbocycles. The average Bonchev–Trinajstić information content (AvgIpc) is 3.04. The van der Waals surface area contributed by atoms with Crippen molar-refractivity contribution < 1.29 is 14.9 Å². The van der Waals surface area contributed by atoms with Crippen molar-refractivity contribution in [1.29, 1.82) is 0 Å². The van der Waals surface area contributed by atoms with Crippen molar-refractivity contribution in [3.63, 3.8) is 0 Å². The Morgan fingerprint density at radius 3 is 2.28 bits per heavy atom. The molecule has 5 fully saturated rings. The predicted molar refractivity (Wildman–Crippen MR) is 129 cm³/mol. The quantitative estimate of drug-likeness (QED) is 0.479. The molecule has 0 spiro atoms. The summed E-state index contributed by atoms with van der Waals surface area (Å²) in [5, 5.41) is 22.5. The fraction of sp³-hybridized carbons (Fsp3) is 0.931. The average molecular weight is 445 g/mol. The highest BCUT2D eigenvalue weighted by Crippen LogP contribution is 2.72. The predicted octanol–water partition coefficient (Wildman–Crippen LogP) is 6.13. The Hall–Kier alpha value is -0.380. The summed E-state index contributed by atoms with van der Waals surface area (Å²) >= 11 is 0. The first-order valence-corrected chi connectivity index (χ1v) is 13.5. The molecule has 0 radical (unpaired) electrons. The van der Waals surface area contributed by atoms with Gasteiger partial charge in [0.2, 0.25) is 0 Å². The van der Waals surface area contributed by atoms with E-state index in [1.807, 2.05) is 0 Å². The second kappa shape index (κ2) is 7.31. The largest absolute Gasteiger partial charge is 0.393 e. The van der Waals surface area contributed by atoms with Gasteiger partial charge in [0, 0.05) is 12.3 Å². The molecule has 4 aliphatic carbocycles. The molecule has 0 bridgehead atoms. The van der Waals surface area contributed by atoms with E-state index >= 15 is 0 Å². The number of allylic oxidation sites excluding steroid dienone is 1. The fourth-order valence-electron chi connectivity index (χ4n) is 10.6. The summed E-state index contributed by atoms with van der Waals surface area (Å²) in [6, 6.07) is 0. The van der Waals surface area contributed by atoms with Crippen LogP contribution in [0, 0.1) is 45.8 Å². The van der Waals surface area contributed by atoms with Crippen LogP contribution in [0.3, 0.4) is 0 Å². The molecule has 2 N–H and O–H groups in total. The Balaban J connectivity index is 1.46. The summed E-state index contributed by atoms with van der Waals surface area (Å²) in [6.45, 7) is 16.2. The van der Waals surface area contributed by atoms with Crippen LogP contribution in [0.5, 0.6) is 0 Å². The van der Waals surface area contributed by atoms with Crippen LogP contribution in [0.1, 0.15) is 99.8 Å². The molecule has 11 atom stereocenters. The van der Waals surface area contributed by atoms with E-state index in [-0.39, 0.29) is 29.6 Å². The molecule has 3 nitrogen and oxygen atoms in total. The fourth-order valence-corrected chi connectivity index (χ4v) is 10.6. The third kappa shape index (κ3) is 3.16. The van der Waals surface area contributed by atoms with E-state index in [1.165, 1.54) is 37.7 Å². The molecule has 3 heteroatoms. The minimum absolute atomic E-state index is 0.0131. The first kappa shape index (κ1) is 23.4. The highest BCUT2D eigenvalue weighted by molar-refractivity contribution is 5.17. The molecule has 0 aromatic heterocycles. The third-order valence-electron chi connectivity index (χ3n) is 11.8. The highest BCUT2D eigenvalue weighted by Gasteiger charge is 2.67. The van der Waals surface area contributed by atoms with E-state index in [4.69, 9.17) is 4.74 Å². The number of fused-ring (bicyclic) bond motifs is 7. The number of ether oxygens (including phenoxy) is 1. The Bertz CT molecular complexity index is 779. The number of rotatable bonds is 1. The van der Waals surface area contributed by atoms with Crippen molar-refractivity contribution in [3.8, 4) is 0 Å². The van der Waals surface area contributed by atoms with Crippen LogP contribution >= 0.6 is 0 Å². The van der Waals surface area contributed by atoms with E-state index in [1.54, 1.807) is 0 Å². The van der Waals surface area contributed by atoms with Crippen LogP contribution in [-0.2, 0) is 4.74 Å².